The number of halogens is 1. The van der Waals surface area contributed by atoms with E-state index in [9.17, 15) is 14.9 Å². The van der Waals surface area contributed by atoms with Gasteiger partial charge in [-0.05, 0) is 11.6 Å². The highest BCUT2D eigenvalue weighted by molar-refractivity contribution is 6.31. The first kappa shape index (κ1) is 14.4. The molecule has 0 heterocycles. The summed E-state index contributed by atoms with van der Waals surface area (Å²) >= 11 is 5.86. The van der Waals surface area contributed by atoms with E-state index in [1.807, 2.05) is 0 Å². The van der Waals surface area contributed by atoms with Gasteiger partial charge in [-0.2, -0.15) is 0 Å². The highest BCUT2D eigenvalue weighted by atomic mass is 35.5. The molecule has 98 valence electrons. The lowest BCUT2D eigenvalue weighted by Crippen LogP contribution is -2.37. The molecular formula is C10H12ClN3O4. The normalized spacial score (nSPS) is 12.1. The topological polar surface area (TPSA) is 118 Å². The van der Waals surface area contributed by atoms with Crippen LogP contribution in [0.5, 0.6) is 0 Å². The van der Waals surface area contributed by atoms with Gasteiger partial charge in [0.2, 0.25) is 5.91 Å². The molecule has 0 aliphatic heterocycles. The third-order valence-electron chi connectivity index (χ3n) is 2.22. The third kappa shape index (κ3) is 3.95. The van der Waals surface area contributed by atoms with Crippen LogP contribution < -0.4 is 11.1 Å². The molecule has 0 radical (unpaired) electrons. The highest BCUT2D eigenvalue weighted by Crippen LogP contribution is 2.21. The van der Waals surface area contributed by atoms with Crippen LogP contribution in [0.2, 0.25) is 5.02 Å². The number of aliphatic hydroxyl groups excluding tert-OH is 1. The summed E-state index contributed by atoms with van der Waals surface area (Å²) in [5.41, 5.74) is 5.29. The first-order valence-electron chi connectivity index (χ1n) is 5.02. The summed E-state index contributed by atoms with van der Waals surface area (Å²) in [4.78, 5) is 20.6. The van der Waals surface area contributed by atoms with Gasteiger partial charge in [-0.1, -0.05) is 11.6 Å². The summed E-state index contributed by atoms with van der Waals surface area (Å²) in [7, 11) is 0. The molecule has 18 heavy (non-hydrogen) atoms. The van der Waals surface area contributed by atoms with E-state index in [1.54, 1.807) is 0 Å². The van der Waals surface area contributed by atoms with Gasteiger partial charge in [-0.15, -0.1) is 0 Å². The van der Waals surface area contributed by atoms with Crippen LogP contribution in [0.25, 0.3) is 0 Å². The first-order valence-corrected chi connectivity index (χ1v) is 5.40. The van der Waals surface area contributed by atoms with Crippen LogP contribution in [0.4, 0.5) is 5.69 Å². The molecule has 1 aromatic carbocycles. The van der Waals surface area contributed by atoms with Crippen molar-refractivity contribution in [3.63, 3.8) is 0 Å². The minimum absolute atomic E-state index is 0.0473. The third-order valence-corrected chi connectivity index (χ3v) is 2.59. The maximum Gasteiger partial charge on any atom is 0.269 e. The lowest BCUT2D eigenvalue weighted by Gasteiger charge is -2.09. The second kappa shape index (κ2) is 6.29. The maximum absolute atomic E-state index is 10.6. The van der Waals surface area contributed by atoms with Crippen molar-refractivity contribution in [3.05, 3.63) is 38.9 Å². The van der Waals surface area contributed by atoms with E-state index < -0.39 is 16.9 Å². The zero-order valence-corrected chi connectivity index (χ0v) is 10.1. The minimum Gasteiger partial charge on any atom is -0.382 e. The minimum atomic E-state index is -1.30. The number of hydrogen-bond donors (Lipinski definition) is 3. The fraction of sp³-hybridized carbons (Fsp3) is 0.300. The smallest absolute Gasteiger partial charge is 0.269 e. The average molecular weight is 274 g/mol. The van der Waals surface area contributed by atoms with Crippen LogP contribution in [0, 0.1) is 10.1 Å². The molecule has 0 fully saturated rings. The maximum atomic E-state index is 10.6. The van der Waals surface area contributed by atoms with E-state index >= 15 is 0 Å². The summed E-state index contributed by atoms with van der Waals surface area (Å²) in [6.45, 7) is 0.138. The Hall–Kier alpha value is -1.70. The van der Waals surface area contributed by atoms with E-state index in [-0.39, 0.29) is 18.8 Å². The van der Waals surface area contributed by atoms with Crippen LogP contribution in [0.1, 0.15) is 5.56 Å². The second-order valence-electron chi connectivity index (χ2n) is 3.58. The van der Waals surface area contributed by atoms with E-state index in [0.29, 0.717) is 10.6 Å². The van der Waals surface area contributed by atoms with E-state index in [1.165, 1.54) is 18.2 Å². The Kier molecular flexibility index (Phi) is 5.02. The molecule has 1 amide bonds. The van der Waals surface area contributed by atoms with E-state index in [4.69, 9.17) is 22.4 Å². The number of carbonyl (C=O) groups is 1. The summed E-state index contributed by atoms with van der Waals surface area (Å²) in [5.74, 6) is -0.840. The molecule has 1 aromatic rings. The van der Waals surface area contributed by atoms with Crippen molar-refractivity contribution in [1.29, 1.82) is 0 Å². The molecule has 0 aromatic heterocycles. The van der Waals surface area contributed by atoms with Gasteiger partial charge >= 0.3 is 0 Å². The van der Waals surface area contributed by atoms with Gasteiger partial charge in [0, 0.05) is 30.2 Å². The SMILES string of the molecule is NC(=O)C(O)CNCc1cc([N+](=O)[O-])ccc1Cl. The molecule has 1 atom stereocenters. The lowest BCUT2D eigenvalue weighted by molar-refractivity contribution is -0.384. The van der Waals surface area contributed by atoms with Gasteiger partial charge in [0.1, 0.15) is 6.10 Å². The number of carbonyl (C=O) groups excluding carboxylic acids is 1. The fourth-order valence-electron chi connectivity index (χ4n) is 1.25. The van der Waals surface area contributed by atoms with Gasteiger partial charge in [0.05, 0.1) is 4.92 Å². The van der Waals surface area contributed by atoms with Gasteiger partial charge in [0.25, 0.3) is 5.69 Å². The van der Waals surface area contributed by atoms with Crippen molar-refractivity contribution in [2.75, 3.05) is 6.54 Å². The standard InChI is InChI=1S/C10H12ClN3O4/c11-8-2-1-7(14(17)18)3-6(8)4-13-5-9(15)10(12)16/h1-3,9,13,15H,4-5H2,(H2,12,16). The molecule has 0 saturated heterocycles. The summed E-state index contributed by atoms with van der Waals surface area (Å²) in [6.07, 6.45) is -1.30. The summed E-state index contributed by atoms with van der Waals surface area (Å²) in [6, 6.07) is 4.04. The Morgan fingerprint density at radius 2 is 2.28 bits per heavy atom. The van der Waals surface area contributed by atoms with Crippen LogP contribution in [-0.2, 0) is 11.3 Å². The Labute approximate surface area is 108 Å². The van der Waals surface area contributed by atoms with E-state index in [0.717, 1.165) is 0 Å². The molecule has 8 heteroatoms. The van der Waals surface area contributed by atoms with Crippen molar-refractivity contribution in [2.24, 2.45) is 5.73 Å². The van der Waals surface area contributed by atoms with Gasteiger partial charge in [-0.25, -0.2) is 0 Å². The molecule has 1 rings (SSSR count). The Morgan fingerprint density at radius 1 is 1.61 bits per heavy atom. The number of nitrogens with one attached hydrogen (secondary N) is 1. The largest absolute Gasteiger partial charge is 0.382 e. The number of benzene rings is 1. The number of primary amides is 1. The number of amides is 1. The predicted molar refractivity (Wildman–Crippen MR) is 65.0 cm³/mol. The van der Waals surface area contributed by atoms with E-state index in [2.05, 4.69) is 5.32 Å². The molecule has 0 spiro atoms. The summed E-state index contributed by atoms with van der Waals surface area (Å²) in [5, 5.41) is 22.8. The fourth-order valence-corrected chi connectivity index (χ4v) is 1.44. The molecule has 4 N–H and O–H groups in total. The average Bonchev–Trinajstić information content (AvgIpc) is 2.30. The first-order chi connectivity index (χ1) is 8.41. The number of hydrogen-bond acceptors (Lipinski definition) is 5. The number of nitro benzene ring substituents is 1. The highest BCUT2D eigenvalue weighted by Gasteiger charge is 2.12. The zero-order valence-electron chi connectivity index (χ0n) is 9.30. The monoisotopic (exact) mass is 273 g/mol. The number of rotatable bonds is 6. The Bertz CT molecular complexity index is 466. The number of aliphatic hydroxyl groups is 1. The van der Waals surface area contributed by atoms with Crippen molar-refractivity contribution in [3.8, 4) is 0 Å². The number of nitro groups is 1. The number of nitrogens with two attached hydrogens (primary N) is 1. The molecule has 1 unspecified atom stereocenters. The number of non-ortho nitro benzene ring substituents is 1. The molecule has 0 saturated carbocycles. The van der Waals surface area contributed by atoms with Crippen LogP contribution in [0.3, 0.4) is 0 Å². The zero-order chi connectivity index (χ0) is 13.7. The molecule has 0 bridgehead atoms. The quantitative estimate of drug-likeness (QED) is 0.505. The van der Waals surface area contributed by atoms with Crippen molar-refractivity contribution in [2.45, 2.75) is 12.6 Å². The molecule has 0 aliphatic carbocycles. The lowest BCUT2D eigenvalue weighted by atomic mass is 10.2. The molecular weight excluding hydrogens is 262 g/mol. The van der Waals surface area contributed by atoms with Gasteiger partial charge < -0.3 is 16.2 Å². The van der Waals surface area contributed by atoms with Crippen LogP contribution in [0.15, 0.2) is 18.2 Å². The summed E-state index contributed by atoms with van der Waals surface area (Å²) < 4.78 is 0. The van der Waals surface area contributed by atoms with Crippen molar-refractivity contribution in [1.82, 2.24) is 5.32 Å². The van der Waals surface area contributed by atoms with Gasteiger partial charge in [0.15, 0.2) is 0 Å². The van der Waals surface area contributed by atoms with Gasteiger partial charge in [-0.3, -0.25) is 14.9 Å². The Morgan fingerprint density at radius 3 is 2.83 bits per heavy atom. The van der Waals surface area contributed by atoms with Crippen LogP contribution in [-0.4, -0.2) is 28.6 Å². The number of nitrogens with zero attached hydrogens (tertiary/aromatic N) is 1. The molecule has 0 aliphatic rings. The van der Waals surface area contributed by atoms with Crippen molar-refractivity contribution < 1.29 is 14.8 Å². The Balaban J connectivity index is 2.64. The van der Waals surface area contributed by atoms with Crippen molar-refractivity contribution >= 4 is 23.2 Å². The molecule has 7 nitrogen and oxygen atoms in total. The second-order valence-corrected chi connectivity index (χ2v) is 3.99. The predicted octanol–water partition coefficient (Wildman–Crippen LogP) is 0.184. The van der Waals surface area contributed by atoms with Crippen LogP contribution >= 0.6 is 11.6 Å².